The fraction of sp³-hybridized carbons (Fsp3) is 0.0500. The lowest BCUT2D eigenvalue weighted by molar-refractivity contribution is 0.977. The third-order valence-corrected chi connectivity index (χ3v) is 9.83. The quantitative estimate of drug-likeness (QED) is 0.197. The minimum absolute atomic E-state index is 0.280. The largest absolute Gasteiger partial charge is 0.268 e. The summed E-state index contributed by atoms with van der Waals surface area (Å²) in [6.45, 7) is 3.97. The zero-order valence-corrected chi connectivity index (χ0v) is 24.5. The van der Waals surface area contributed by atoms with Gasteiger partial charge in [0.2, 0.25) is 0 Å². The molecule has 0 spiro atoms. The van der Waals surface area contributed by atoms with E-state index in [1.165, 1.54) is 9.95 Å². The minimum atomic E-state index is -0.280. The van der Waals surface area contributed by atoms with Gasteiger partial charge in [0, 0.05) is 24.8 Å². The van der Waals surface area contributed by atoms with Gasteiger partial charge in [-0.1, -0.05) is 42.0 Å². The summed E-state index contributed by atoms with van der Waals surface area (Å²) >= 11 is 0. The molecule has 7 aromatic carbocycles. The van der Waals surface area contributed by atoms with Crippen molar-refractivity contribution in [2.45, 2.75) is 13.8 Å². The van der Waals surface area contributed by atoms with Crippen molar-refractivity contribution in [3.8, 4) is 27.9 Å². The molecular formula is C40H23N3O2. The van der Waals surface area contributed by atoms with E-state index in [1.807, 2.05) is 56.3 Å². The average molecular weight is 578 g/mol. The Bertz CT molecular complexity index is 2740. The third-order valence-electron chi connectivity index (χ3n) is 9.83. The molecule has 3 aromatic heterocycles. The van der Waals surface area contributed by atoms with Crippen LogP contribution >= 0.6 is 0 Å². The van der Waals surface area contributed by atoms with Gasteiger partial charge in [0.25, 0.3) is 11.1 Å². The normalized spacial score (nSPS) is 12.4. The van der Waals surface area contributed by atoms with Gasteiger partial charge < -0.3 is 0 Å². The maximum atomic E-state index is 14.7. The monoisotopic (exact) mass is 577 g/mol. The average Bonchev–Trinajstić information content (AvgIpc) is 3.56. The molecule has 0 aliphatic rings. The fourth-order valence-corrected chi connectivity index (χ4v) is 8.00. The van der Waals surface area contributed by atoms with Gasteiger partial charge in [-0.05, 0) is 138 Å². The van der Waals surface area contributed by atoms with Crippen LogP contribution in [0.25, 0.3) is 92.6 Å². The zero-order valence-electron chi connectivity index (χ0n) is 24.5. The summed E-state index contributed by atoms with van der Waals surface area (Å²) in [5.41, 5.74) is 6.11. The maximum Gasteiger partial charge on any atom is 0.266 e. The topological polar surface area (TPSA) is 64.8 Å². The molecule has 45 heavy (non-hydrogen) atoms. The summed E-state index contributed by atoms with van der Waals surface area (Å²) in [6.07, 6.45) is 7.18. The van der Waals surface area contributed by atoms with Crippen molar-refractivity contribution in [3.05, 3.63) is 135 Å². The fourth-order valence-electron chi connectivity index (χ4n) is 8.00. The van der Waals surface area contributed by atoms with E-state index < -0.39 is 0 Å². The van der Waals surface area contributed by atoms with Crippen molar-refractivity contribution in [2.75, 3.05) is 0 Å². The molecule has 10 aromatic rings. The lowest BCUT2D eigenvalue weighted by Gasteiger charge is -2.12. The van der Waals surface area contributed by atoms with Crippen LogP contribution in [-0.2, 0) is 0 Å². The first-order valence-electron chi connectivity index (χ1n) is 15.1. The number of hydrogen-bond acceptors (Lipinski definition) is 4. The Balaban J connectivity index is 1.53. The SMILES string of the molecule is Cc1ccc(-n2c(=O)c3c4cc(-c5ccncc5)c5ccc6ccc7c(-c8ccncc8)cc(c3c2=O)c2c7c6c5c42)c(C)c1. The van der Waals surface area contributed by atoms with E-state index >= 15 is 0 Å². The molecule has 0 amide bonds. The number of aryl methyl sites for hydroxylation is 2. The number of rotatable bonds is 3. The molecule has 0 bridgehead atoms. The number of aromatic nitrogens is 3. The van der Waals surface area contributed by atoms with E-state index in [1.54, 1.807) is 24.8 Å². The first kappa shape index (κ1) is 24.5. The van der Waals surface area contributed by atoms with Crippen LogP contribution in [0, 0.1) is 13.8 Å². The van der Waals surface area contributed by atoms with Gasteiger partial charge in [-0.2, -0.15) is 0 Å². The summed E-state index contributed by atoms with van der Waals surface area (Å²) in [4.78, 5) is 37.9. The Morgan fingerprint density at radius 2 is 0.978 bits per heavy atom. The molecule has 3 heterocycles. The Morgan fingerprint density at radius 1 is 0.489 bits per heavy atom. The van der Waals surface area contributed by atoms with Crippen molar-refractivity contribution in [1.82, 2.24) is 14.5 Å². The molecule has 0 atom stereocenters. The molecule has 0 aliphatic carbocycles. The smallest absolute Gasteiger partial charge is 0.266 e. The van der Waals surface area contributed by atoms with Gasteiger partial charge in [-0.15, -0.1) is 0 Å². The second-order valence-corrected chi connectivity index (χ2v) is 12.2. The molecule has 210 valence electrons. The first-order valence-corrected chi connectivity index (χ1v) is 15.1. The molecule has 0 unspecified atom stereocenters. The number of benzene rings is 6. The highest BCUT2D eigenvalue weighted by molar-refractivity contribution is 6.50. The lowest BCUT2D eigenvalue weighted by Crippen LogP contribution is -2.24. The molecule has 5 heteroatoms. The second kappa shape index (κ2) is 8.36. The number of nitrogens with zero attached hydrogens (tertiary/aromatic N) is 3. The van der Waals surface area contributed by atoms with Crippen molar-refractivity contribution in [3.63, 3.8) is 0 Å². The van der Waals surface area contributed by atoms with E-state index in [0.717, 1.165) is 81.9 Å². The van der Waals surface area contributed by atoms with Crippen LogP contribution < -0.4 is 11.1 Å². The Kier molecular flexibility index (Phi) is 4.55. The Morgan fingerprint density at radius 3 is 1.47 bits per heavy atom. The predicted molar refractivity (Wildman–Crippen MR) is 184 cm³/mol. The van der Waals surface area contributed by atoms with Gasteiger partial charge >= 0.3 is 0 Å². The lowest BCUT2D eigenvalue weighted by atomic mass is 9.89. The van der Waals surface area contributed by atoms with E-state index in [4.69, 9.17) is 0 Å². The number of fused-ring (bicyclic) bond motifs is 3. The van der Waals surface area contributed by atoms with E-state index in [2.05, 4.69) is 46.4 Å². The van der Waals surface area contributed by atoms with Crippen molar-refractivity contribution in [2.24, 2.45) is 0 Å². The zero-order chi connectivity index (χ0) is 30.1. The Hall–Kier alpha value is -5.94. The van der Waals surface area contributed by atoms with Gasteiger partial charge in [-0.3, -0.25) is 19.6 Å². The van der Waals surface area contributed by atoms with Gasteiger partial charge in [0.15, 0.2) is 0 Å². The third kappa shape index (κ3) is 2.97. The van der Waals surface area contributed by atoms with E-state index in [-0.39, 0.29) is 11.1 Å². The molecule has 0 saturated carbocycles. The van der Waals surface area contributed by atoms with Gasteiger partial charge in [0.1, 0.15) is 0 Å². The molecule has 0 radical (unpaired) electrons. The van der Waals surface area contributed by atoms with Crippen LogP contribution in [0.5, 0.6) is 0 Å². The molecule has 5 nitrogen and oxygen atoms in total. The van der Waals surface area contributed by atoms with Gasteiger partial charge in [0.05, 0.1) is 16.5 Å². The molecule has 0 N–H and O–H groups in total. The molecule has 0 fully saturated rings. The molecular weight excluding hydrogens is 554 g/mol. The van der Waals surface area contributed by atoms with Crippen LogP contribution in [0.2, 0.25) is 0 Å². The highest BCUT2D eigenvalue weighted by Crippen LogP contribution is 2.53. The predicted octanol–water partition coefficient (Wildman–Crippen LogP) is 8.61. The van der Waals surface area contributed by atoms with E-state index in [9.17, 15) is 9.59 Å². The van der Waals surface area contributed by atoms with Crippen LogP contribution in [0.1, 0.15) is 11.1 Å². The summed E-state index contributed by atoms with van der Waals surface area (Å²) in [7, 11) is 0. The number of pyridine rings is 2. The standard InChI is InChI=1S/C40H23N3O2/c1-20-3-8-31(21(2)17-20)43-39(44)37-29-18-27(22-9-13-41-14-10-22)25-6-4-24-5-7-26-28(23-11-15-42-16-12-23)19-30(38(37)40(43)45)36-34(26)32(24)33(25)35(29)36/h3-19H,1-2H3. The van der Waals surface area contributed by atoms with Crippen LogP contribution in [0.4, 0.5) is 0 Å². The molecule has 10 rings (SSSR count). The van der Waals surface area contributed by atoms with Gasteiger partial charge in [-0.25, -0.2) is 4.57 Å². The first-order chi connectivity index (χ1) is 22.0. The van der Waals surface area contributed by atoms with Crippen molar-refractivity contribution >= 4 is 64.6 Å². The minimum Gasteiger partial charge on any atom is -0.268 e. The Labute approximate surface area is 256 Å². The van der Waals surface area contributed by atoms with Crippen molar-refractivity contribution < 1.29 is 0 Å². The summed E-state index contributed by atoms with van der Waals surface area (Å²) in [5.74, 6) is 0. The molecule has 0 aliphatic heterocycles. The molecule has 0 saturated heterocycles. The van der Waals surface area contributed by atoms with E-state index in [0.29, 0.717) is 16.5 Å². The number of hydrogen-bond donors (Lipinski definition) is 0. The van der Waals surface area contributed by atoms with Crippen LogP contribution in [0.3, 0.4) is 0 Å². The highest BCUT2D eigenvalue weighted by Gasteiger charge is 2.29. The van der Waals surface area contributed by atoms with Crippen LogP contribution in [-0.4, -0.2) is 14.5 Å². The summed E-state index contributed by atoms with van der Waals surface area (Å²) in [5, 5.41) is 11.6. The van der Waals surface area contributed by atoms with Crippen LogP contribution in [0.15, 0.2) is 113 Å². The summed E-state index contributed by atoms with van der Waals surface area (Å²) < 4.78 is 1.39. The highest BCUT2D eigenvalue weighted by atomic mass is 16.2. The second-order valence-electron chi connectivity index (χ2n) is 12.2. The van der Waals surface area contributed by atoms with Crippen molar-refractivity contribution in [1.29, 1.82) is 0 Å². The maximum absolute atomic E-state index is 14.7. The summed E-state index contributed by atoms with van der Waals surface area (Å²) in [6, 6.07) is 26.9.